The van der Waals surface area contributed by atoms with Gasteiger partial charge in [0, 0.05) is 15.7 Å². The number of thiophene rings is 1. The summed E-state index contributed by atoms with van der Waals surface area (Å²) in [5, 5.41) is 3.22. The summed E-state index contributed by atoms with van der Waals surface area (Å²) in [7, 11) is 0. The molecule has 1 heterocycles. The Morgan fingerprint density at radius 1 is 1.43 bits per heavy atom. The second kappa shape index (κ2) is 3.83. The summed E-state index contributed by atoms with van der Waals surface area (Å²) in [6, 6.07) is 4.19. The maximum Gasteiger partial charge on any atom is 0.137 e. The summed E-state index contributed by atoms with van der Waals surface area (Å²) in [6.07, 6.45) is 0. The monoisotopic (exact) mass is 224 g/mol. The van der Waals surface area contributed by atoms with Crippen molar-refractivity contribution in [2.24, 2.45) is 0 Å². The van der Waals surface area contributed by atoms with E-state index in [2.05, 4.69) is 31.7 Å². The van der Waals surface area contributed by atoms with Crippen LogP contribution in [-0.4, -0.2) is 6.61 Å². The molecular formula is C11H12OS2. The highest BCUT2D eigenvalue weighted by molar-refractivity contribution is 7.80. The Kier molecular flexibility index (Phi) is 2.70. The molecule has 1 aromatic carbocycles. The summed E-state index contributed by atoms with van der Waals surface area (Å²) < 4.78 is 6.75. The van der Waals surface area contributed by atoms with Gasteiger partial charge in [0.2, 0.25) is 0 Å². The van der Waals surface area contributed by atoms with Crippen LogP contribution in [-0.2, 0) is 0 Å². The molecule has 0 bridgehead atoms. The van der Waals surface area contributed by atoms with Gasteiger partial charge in [-0.05, 0) is 25.5 Å². The number of aryl methyl sites for hydroxylation is 1. The molecule has 0 aliphatic heterocycles. The smallest absolute Gasteiger partial charge is 0.137 e. The molecule has 0 saturated carbocycles. The van der Waals surface area contributed by atoms with Gasteiger partial charge in [-0.3, -0.25) is 0 Å². The molecule has 14 heavy (non-hydrogen) atoms. The molecule has 74 valence electrons. The Morgan fingerprint density at radius 3 is 2.93 bits per heavy atom. The van der Waals surface area contributed by atoms with Crippen molar-refractivity contribution in [3.63, 3.8) is 0 Å². The van der Waals surface area contributed by atoms with Crippen LogP contribution in [0.5, 0.6) is 5.75 Å². The first kappa shape index (κ1) is 9.87. The number of hydrogen-bond acceptors (Lipinski definition) is 3. The van der Waals surface area contributed by atoms with Crippen molar-refractivity contribution in [1.82, 2.24) is 0 Å². The van der Waals surface area contributed by atoms with Crippen LogP contribution in [0.3, 0.4) is 0 Å². The van der Waals surface area contributed by atoms with E-state index >= 15 is 0 Å². The van der Waals surface area contributed by atoms with E-state index in [1.54, 1.807) is 11.3 Å². The minimum atomic E-state index is 0.710. The van der Waals surface area contributed by atoms with Crippen molar-refractivity contribution in [3.05, 3.63) is 23.1 Å². The molecular weight excluding hydrogens is 212 g/mol. The Bertz CT molecular complexity index is 460. The lowest BCUT2D eigenvalue weighted by Gasteiger charge is -2.02. The van der Waals surface area contributed by atoms with E-state index in [0.29, 0.717) is 6.61 Å². The molecule has 1 nitrogen and oxygen atoms in total. The third-order valence-electron chi connectivity index (χ3n) is 2.18. The van der Waals surface area contributed by atoms with E-state index in [-0.39, 0.29) is 0 Å². The second-order valence-electron chi connectivity index (χ2n) is 3.14. The lowest BCUT2D eigenvalue weighted by Crippen LogP contribution is -1.89. The third-order valence-corrected chi connectivity index (χ3v) is 3.90. The highest BCUT2D eigenvalue weighted by Gasteiger charge is 2.08. The number of fused-ring (bicyclic) bond motifs is 1. The molecule has 0 atom stereocenters. The van der Waals surface area contributed by atoms with Crippen molar-refractivity contribution in [2.75, 3.05) is 6.61 Å². The number of thiol groups is 1. The first-order valence-electron chi connectivity index (χ1n) is 4.56. The van der Waals surface area contributed by atoms with Gasteiger partial charge in [-0.2, -0.15) is 0 Å². The fourth-order valence-electron chi connectivity index (χ4n) is 1.43. The van der Waals surface area contributed by atoms with Crippen molar-refractivity contribution in [3.8, 4) is 5.75 Å². The van der Waals surface area contributed by atoms with E-state index in [9.17, 15) is 0 Å². The van der Waals surface area contributed by atoms with E-state index < -0.39 is 0 Å². The van der Waals surface area contributed by atoms with Crippen LogP contribution in [0.25, 0.3) is 10.1 Å². The summed E-state index contributed by atoms with van der Waals surface area (Å²) in [5.74, 6) is 0.975. The van der Waals surface area contributed by atoms with Crippen LogP contribution in [0.4, 0.5) is 0 Å². The molecule has 0 spiro atoms. The van der Waals surface area contributed by atoms with Gasteiger partial charge in [-0.1, -0.05) is 6.07 Å². The predicted octanol–water partition coefficient (Wildman–Crippen LogP) is 3.90. The van der Waals surface area contributed by atoms with Crippen LogP contribution < -0.4 is 4.74 Å². The Morgan fingerprint density at radius 2 is 2.21 bits per heavy atom. The predicted molar refractivity (Wildman–Crippen MR) is 65.0 cm³/mol. The average molecular weight is 224 g/mol. The van der Waals surface area contributed by atoms with E-state index in [1.807, 2.05) is 12.3 Å². The maximum absolute atomic E-state index is 5.53. The Balaban J connectivity index is 2.64. The second-order valence-corrected chi connectivity index (χ2v) is 4.47. The van der Waals surface area contributed by atoms with Crippen LogP contribution in [0.2, 0.25) is 0 Å². The zero-order valence-corrected chi connectivity index (χ0v) is 9.91. The van der Waals surface area contributed by atoms with Crippen LogP contribution in [0.15, 0.2) is 22.4 Å². The van der Waals surface area contributed by atoms with Crippen molar-refractivity contribution >= 4 is 34.1 Å². The number of ether oxygens (including phenoxy) is 1. The molecule has 0 aliphatic rings. The summed E-state index contributed by atoms with van der Waals surface area (Å²) in [6.45, 7) is 4.78. The lowest BCUT2D eigenvalue weighted by molar-refractivity contribution is 0.345. The molecule has 0 unspecified atom stereocenters. The molecule has 0 radical (unpaired) electrons. The molecule has 2 aromatic rings. The fourth-order valence-corrected chi connectivity index (χ4v) is 2.77. The zero-order valence-electron chi connectivity index (χ0n) is 8.20. The maximum atomic E-state index is 5.53. The minimum absolute atomic E-state index is 0.710. The molecule has 2 rings (SSSR count). The molecule has 0 aliphatic carbocycles. The first-order valence-corrected chi connectivity index (χ1v) is 5.89. The topological polar surface area (TPSA) is 9.23 Å². The van der Waals surface area contributed by atoms with Gasteiger partial charge in [0.1, 0.15) is 5.75 Å². The van der Waals surface area contributed by atoms with Gasteiger partial charge in [0.15, 0.2) is 0 Å². The normalized spacial score (nSPS) is 10.8. The minimum Gasteiger partial charge on any atom is -0.492 e. The van der Waals surface area contributed by atoms with Gasteiger partial charge < -0.3 is 4.74 Å². The highest BCUT2D eigenvalue weighted by atomic mass is 32.1. The van der Waals surface area contributed by atoms with E-state index in [0.717, 1.165) is 10.6 Å². The Hall–Kier alpha value is -0.670. The van der Waals surface area contributed by atoms with Crippen LogP contribution >= 0.6 is 24.0 Å². The quantitative estimate of drug-likeness (QED) is 0.761. The van der Waals surface area contributed by atoms with Crippen LogP contribution in [0, 0.1) is 6.92 Å². The van der Waals surface area contributed by atoms with Gasteiger partial charge >= 0.3 is 0 Å². The molecule has 0 fully saturated rings. The molecule has 3 heteroatoms. The molecule has 1 aromatic heterocycles. The summed E-state index contributed by atoms with van der Waals surface area (Å²) in [4.78, 5) is 1.07. The standard InChI is InChI=1S/C11H12OS2/c1-3-12-9-6-14-11-8(9)5-4-7(2)10(11)13/h4-6,13H,3H2,1-2H3. The number of hydrogen-bond donors (Lipinski definition) is 1. The Labute approximate surface area is 93.1 Å². The lowest BCUT2D eigenvalue weighted by atomic mass is 10.2. The fraction of sp³-hybridized carbons (Fsp3) is 0.273. The van der Waals surface area contributed by atoms with Gasteiger partial charge in [-0.25, -0.2) is 0 Å². The van der Waals surface area contributed by atoms with Crippen molar-refractivity contribution in [2.45, 2.75) is 18.7 Å². The summed E-state index contributed by atoms with van der Waals surface area (Å²) in [5.41, 5.74) is 1.21. The van der Waals surface area contributed by atoms with Crippen LogP contribution in [0.1, 0.15) is 12.5 Å². The number of rotatable bonds is 2. The van der Waals surface area contributed by atoms with Crippen molar-refractivity contribution in [1.29, 1.82) is 0 Å². The van der Waals surface area contributed by atoms with Gasteiger partial charge in [0.25, 0.3) is 0 Å². The summed E-state index contributed by atoms with van der Waals surface area (Å²) >= 11 is 6.19. The average Bonchev–Trinajstić information content (AvgIpc) is 2.57. The SMILES string of the molecule is CCOc1csc2c(S)c(C)ccc12. The van der Waals surface area contributed by atoms with Gasteiger partial charge in [-0.15, -0.1) is 24.0 Å². The number of benzene rings is 1. The van der Waals surface area contributed by atoms with Crippen molar-refractivity contribution < 1.29 is 4.74 Å². The zero-order chi connectivity index (χ0) is 10.1. The molecule has 0 saturated heterocycles. The largest absolute Gasteiger partial charge is 0.492 e. The third kappa shape index (κ3) is 1.51. The molecule has 0 N–H and O–H groups in total. The van der Waals surface area contributed by atoms with E-state index in [1.165, 1.54) is 15.6 Å². The van der Waals surface area contributed by atoms with Gasteiger partial charge in [0.05, 0.1) is 11.3 Å². The van der Waals surface area contributed by atoms with E-state index in [4.69, 9.17) is 4.74 Å². The first-order chi connectivity index (χ1) is 6.74. The highest BCUT2D eigenvalue weighted by Crippen LogP contribution is 2.37. The molecule has 0 amide bonds.